The minimum absolute atomic E-state index is 0.248. The number of hydrogen-bond donors (Lipinski definition) is 1. The number of likely N-dealkylation sites (tertiary alicyclic amines) is 1. The highest BCUT2D eigenvalue weighted by atomic mass is 16.5. The average molecular weight is 379 g/mol. The molecule has 2 aromatic carbocycles. The lowest BCUT2D eigenvalue weighted by Crippen LogP contribution is -2.44. The first-order valence-corrected chi connectivity index (χ1v) is 9.71. The quantitative estimate of drug-likeness (QED) is 0.710. The molecule has 1 saturated heterocycles. The summed E-state index contributed by atoms with van der Waals surface area (Å²) in [6.07, 6.45) is 2.24. The molecular weight excluding hydrogens is 352 g/mol. The van der Waals surface area contributed by atoms with Crippen molar-refractivity contribution in [1.29, 1.82) is 0 Å². The lowest BCUT2D eigenvalue weighted by Gasteiger charge is -2.26. The van der Waals surface area contributed by atoms with Crippen molar-refractivity contribution in [2.24, 2.45) is 0 Å². The molecule has 146 valence electrons. The zero-order chi connectivity index (χ0) is 19.7. The Morgan fingerprint density at radius 1 is 1.07 bits per heavy atom. The van der Waals surface area contributed by atoms with E-state index in [9.17, 15) is 5.11 Å². The molecule has 0 spiro atoms. The van der Waals surface area contributed by atoms with E-state index in [1.54, 1.807) is 19.2 Å². The zero-order valence-corrected chi connectivity index (χ0v) is 16.7. The number of ether oxygens (including phenoxy) is 1. The van der Waals surface area contributed by atoms with Crippen LogP contribution >= 0.6 is 0 Å². The van der Waals surface area contributed by atoms with Crippen molar-refractivity contribution >= 4 is 11.0 Å². The summed E-state index contributed by atoms with van der Waals surface area (Å²) in [6, 6.07) is 15.7. The number of benzene rings is 2. The maximum Gasteiger partial charge on any atom is 0.214 e. The molecular formula is C23H27N2O3+. The Balaban J connectivity index is 1.89. The van der Waals surface area contributed by atoms with Crippen LogP contribution in [0, 0.1) is 0 Å². The van der Waals surface area contributed by atoms with Gasteiger partial charge in [-0.25, -0.2) is 4.58 Å². The third kappa shape index (κ3) is 3.62. The summed E-state index contributed by atoms with van der Waals surface area (Å²) in [5, 5.41) is 12.1. The third-order valence-electron chi connectivity index (χ3n) is 5.72. The van der Waals surface area contributed by atoms with Gasteiger partial charge in [0.1, 0.15) is 29.9 Å². The molecule has 0 radical (unpaired) electrons. The fourth-order valence-corrected chi connectivity index (χ4v) is 3.93. The zero-order valence-electron chi connectivity index (χ0n) is 16.7. The fourth-order valence-electron chi connectivity index (χ4n) is 3.93. The van der Waals surface area contributed by atoms with Gasteiger partial charge in [0, 0.05) is 31.5 Å². The molecule has 4 rings (SSSR count). The third-order valence-corrected chi connectivity index (χ3v) is 5.72. The molecule has 3 aromatic rings. The molecule has 2 heterocycles. The van der Waals surface area contributed by atoms with E-state index in [-0.39, 0.29) is 5.75 Å². The maximum absolute atomic E-state index is 10.0. The van der Waals surface area contributed by atoms with Gasteiger partial charge in [-0.1, -0.05) is 0 Å². The molecule has 1 aromatic heterocycles. The second kappa shape index (κ2) is 7.68. The summed E-state index contributed by atoms with van der Waals surface area (Å²) < 4.78 is 13.8. The number of methoxy groups -OCH3 is 1. The van der Waals surface area contributed by atoms with Crippen LogP contribution in [0.25, 0.3) is 22.3 Å². The summed E-state index contributed by atoms with van der Waals surface area (Å²) in [5.74, 6) is 1.87. The van der Waals surface area contributed by atoms with Crippen LogP contribution in [0.1, 0.15) is 12.8 Å². The second-order valence-corrected chi connectivity index (χ2v) is 7.55. The van der Waals surface area contributed by atoms with Gasteiger partial charge >= 0.3 is 0 Å². The van der Waals surface area contributed by atoms with Gasteiger partial charge in [0.25, 0.3) is 0 Å². The predicted molar refractivity (Wildman–Crippen MR) is 112 cm³/mol. The molecule has 5 heteroatoms. The topological polar surface area (TPSA) is 48.9 Å². The Hall–Kier alpha value is -2.79. The Morgan fingerprint density at radius 2 is 1.79 bits per heavy atom. The molecule has 1 aliphatic rings. The molecule has 28 heavy (non-hydrogen) atoms. The monoisotopic (exact) mass is 379 g/mol. The molecule has 0 unspecified atom stereocenters. The summed E-state index contributed by atoms with van der Waals surface area (Å²) in [6.45, 7) is 2.20. The van der Waals surface area contributed by atoms with E-state index in [2.05, 4.69) is 29.6 Å². The van der Waals surface area contributed by atoms with Gasteiger partial charge in [-0.2, -0.15) is 0 Å². The number of hydrogen-bond acceptors (Lipinski definition) is 4. The van der Waals surface area contributed by atoms with Crippen molar-refractivity contribution in [1.82, 2.24) is 9.48 Å². The van der Waals surface area contributed by atoms with Crippen molar-refractivity contribution in [2.75, 3.05) is 34.3 Å². The minimum atomic E-state index is 0.248. The Kier molecular flexibility index (Phi) is 5.09. The van der Waals surface area contributed by atoms with E-state index in [1.165, 1.54) is 0 Å². The first-order valence-electron chi connectivity index (χ1n) is 9.71. The van der Waals surface area contributed by atoms with Crippen molar-refractivity contribution in [3.8, 4) is 22.8 Å². The molecule has 1 fully saturated rings. The highest BCUT2D eigenvalue weighted by molar-refractivity contribution is 5.80. The minimum Gasteiger partial charge on any atom is -0.508 e. The fraction of sp³-hybridized carbons (Fsp3) is 0.348. The highest BCUT2D eigenvalue weighted by Gasteiger charge is 2.25. The molecule has 0 bridgehead atoms. The van der Waals surface area contributed by atoms with Crippen LogP contribution in [-0.2, 0) is 0 Å². The maximum atomic E-state index is 10.0. The van der Waals surface area contributed by atoms with Gasteiger partial charge in [0.15, 0.2) is 6.04 Å². The molecule has 0 amide bonds. The predicted octanol–water partition coefficient (Wildman–Crippen LogP) is 3.31. The molecule has 0 atom stereocenters. The van der Waals surface area contributed by atoms with Crippen LogP contribution in [0.3, 0.4) is 0 Å². The lowest BCUT2D eigenvalue weighted by atomic mass is 10.0. The second-order valence-electron chi connectivity index (χ2n) is 7.55. The van der Waals surface area contributed by atoms with E-state index < -0.39 is 0 Å². The summed E-state index contributed by atoms with van der Waals surface area (Å²) in [5.41, 5.74) is 1.76. The molecule has 0 saturated carbocycles. The van der Waals surface area contributed by atoms with E-state index in [4.69, 9.17) is 9.15 Å². The van der Waals surface area contributed by atoms with Crippen LogP contribution in [0.15, 0.2) is 52.9 Å². The number of phenolic OH excluding ortho intramolecular Hbond substituents is 1. The molecule has 1 aliphatic heterocycles. The number of fused-ring (bicyclic) bond motifs is 1. The van der Waals surface area contributed by atoms with Crippen LogP contribution in [0.4, 0.5) is 0 Å². The Bertz CT molecular complexity index is 1050. The summed E-state index contributed by atoms with van der Waals surface area (Å²) in [4.78, 5) is 2.37. The number of aromatic hydroxyl groups is 1. The van der Waals surface area contributed by atoms with Gasteiger partial charge in [0.2, 0.25) is 5.36 Å². The molecule has 5 nitrogen and oxygen atoms in total. The van der Waals surface area contributed by atoms with Crippen molar-refractivity contribution in [2.45, 2.75) is 18.9 Å². The molecule has 0 aliphatic carbocycles. The van der Waals surface area contributed by atoms with Gasteiger partial charge in [-0.15, -0.1) is 0 Å². The first kappa shape index (κ1) is 18.6. The largest absolute Gasteiger partial charge is 0.508 e. The van der Waals surface area contributed by atoms with E-state index in [0.29, 0.717) is 6.04 Å². The van der Waals surface area contributed by atoms with Crippen LogP contribution in [0.2, 0.25) is 0 Å². The van der Waals surface area contributed by atoms with Gasteiger partial charge in [-0.05, 0) is 49.5 Å². The average Bonchev–Trinajstić information content (AvgIpc) is 2.73. The summed E-state index contributed by atoms with van der Waals surface area (Å²) in [7, 11) is 5.98. The number of phenols is 1. The summed E-state index contributed by atoms with van der Waals surface area (Å²) >= 11 is 0. The first-order chi connectivity index (χ1) is 13.5. The molecule has 1 N–H and O–H groups in total. The van der Waals surface area contributed by atoms with Gasteiger partial charge < -0.3 is 19.2 Å². The van der Waals surface area contributed by atoms with Crippen LogP contribution in [0.5, 0.6) is 11.5 Å². The van der Waals surface area contributed by atoms with Crippen molar-refractivity contribution < 1.29 is 14.3 Å². The Labute approximate surface area is 165 Å². The van der Waals surface area contributed by atoms with Crippen molar-refractivity contribution in [3.63, 3.8) is 0 Å². The van der Waals surface area contributed by atoms with E-state index in [1.807, 2.05) is 30.3 Å². The van der Waals surface area contributed by atoms with Crippen LogP contribution < -0.4 is 14.7 Å². The SMILES string of the molecule is COc1ccc(-c2cc(=[N+](C)C3CCN(C)CC3)c3cc(O)ccc3o2)cc1. The normalized spacial score (nSPS) is 17.0. The van der Waals surface area contributed by atoms with Gasteiger partial charge in [0.05, 0.1) is 18.6 Å². The van der Waals surface area contributed by atoms with E-state index >= 15 is 0 Å². The smallest absolute Gasteiger partial charge is 0.214 e. The number of nitrogens with zero attached hydrogens (tertiary/aromatic N) is 2. The van der Waals surface area contributed by atoms with Crippen molar-refractivity contribution in [3.05, 3.63) is 53.9 Å². The van der Waals surface area contributed by atoms with Gasteiger partial charge in [-0.3, -0.25) is 0 Å². The lowest BCUT2D eigenvalue weighted by molar-refractivity contribution is 0.227. The Morgan fingerprint density at radius 3 is 2.46 bits per heavy atom. The highest BCUT2D eigenvalue weighted by Crippen LogP contribution is 2.26. The standard InChI is InChI=1S/C23H26N2O3/c1-24-12-10-17(11-13-24)25(2)21-15-23(16-4-7-19(27-3)8-5-16)28-22-9-6-18(26)14-20(21)22/h4-9,14-15,17H,10-13H2,1-3H3/p+1. The van der Waals surface area contributed by atoms with Crippen LogP contribution in [-0.4, -0.2) is 50.3 Å². The number of piperidine rings is 1. The van der Waals surface area contributed by atoms with E-state index in [0.717, 1.165) is 59.3 Å². The number of rotatable bonds is 3.